The number of amides is 2. The minimum atomic E-state index is -0.323. The second-order valence-electron chi connectivity index (χ2n) is 9.06. The molecule has 0 radical (unpaired) electrons. The number of aryl methyl sites for hydroxylation is 1. The number of rotatable bonds is 7. The van der Waals surface area contributed by atoms with Crippen LogP contribution in [0.2, 0.25) is 0 Å². The summed E-state index contributed by atoms with van der Waals surface area (Å²) in [6.07, 6.45) is 3.44. The van der Waals surface area contributed by atoms with Gasteiger partial charge in [0.2, 0.25) is 11.8 Å². The van der Waals surface area contributed by atoms with Crippen molar-refractivity contribution in [3.05, 3.63) is 35.4 Å². The van der Waals surface area contributed by atoms with E-state index in [4.69, 9.17) is 0 Å². The number of hydrogen-bond acceptors (Lipinski definition) is 2. The first-order chi connectivity index (χ1) is 13.4. The summed E-state index contributed by atoms with van der Waals surface area (Å²) in [5.74, 6) is 1.69. The van der Waals surface area contributed by atoms with Crippen molar-refractivity contribution in [2.24, 2.45) is 11.8 Å². The lowest BCUT2D eigenvalue weighted by molar-refractivity contribution is -0.912. The molecular formula is C23H36N3O2+. The summed E-state index contributed by atoms with van der Waals surface area (Å²) in [6, 6.07) is 7.86. The van der Waals surface area contributed by atoms with Crippen LogP contribution in [0.15, 0.2) is 24.3 Å². The van der Waals surface area contributed by atoms with Gasteiger partial charge in [-0.15, -0.1) is 0 Å². The molecule has 0 bridgehead atoms. The molecular weight excluding hydrogens is 350 g/mol. The minimum Gasteiger partial charge on any atom is -0.354 e. The lowest BCUT2D eigenvalue weighted by atomic mass is 9.92. The molecule has 3 unspecified atom stereocenters. The lowest BCUT2D eigenvalue weighted by Crippen LogP contribution is -3.14. The van der Waals surface area contributed by atoms with Crippen LogP contribution in [-0.2, 0) is 16.1 Å². The highest BCUT2D eigenvalue weighted by Gasteiger charge is 2.35. The van der Waals surface area contributed by atoms with Gasteiger partial charge in [0.25, 0.3) is 0 Å². The number of nitrogens with zero attached hydrogens (tertiary/aromatic N) is 1. The maximum Gasteiger partial charge on any atom is 0.242 e. The molecule has 2 aliphatic heterocycles. The normalized spacial score (nSPS) is 27.8. The molecule has 28 heavy (non-hydrogen) atoms. The third-order valence-electron chi connectivity index (χ3n) is 6.19. The van der Waals surface area contributed by atoms with Crippen molar-refractivity contribution >= 4 is 11.8 Å². The fourth-order valence-electron chi connectivity index (χ4n) is 4.89. The van der Waals surface area contributed by atoms with Gasteiger partial charge in [-0.25, -0.2) is 0 Å². The van der Waals surface area contributed by atoms with Crippen molar-refractivity contribution in [3.8, 4) is 0 Å². The summed E-state index contributed by atoms with van der Waals surface area (Å²) in [6.45, 7) is 11.6. The van der Waals surface area contributed by atoms with Crippen LogP contribution in [0.25, 0.3) is 0 Å². The Labute approximate surface area is 169 Å². The molecule has 3 rings (SSSR count). The summed E-state index contributed by atoms with van der Waals surface area (Å²) in [4.78, 5) is 28.4. The molecule has 0 spiro atoms. The third kappa shape index (κ3) is 5.57. The van der Waals surface area contributed by atoms with E-state index in [2.05, 4.69) is 31.3 Å². The van der Waals surface area contributed by atoms with Crippen LogP contribution >= 0.6 is 0 Å². The Balaban J connectivity index is 1.45. The summed E-state index contributed by atoms with van der Waals surface area (Å²) in [5.41, 5.74) is 2.28. The van der Waals surface area contributed by atoms with E-state index in [0.717, 1.165) is 30.4 Å². The molecule has 2 saturated heterocycles. The van der Waals surface area contributed by atoms with E-state index in [-0.39, 0.29) is 17.9 Å². The first kappa shape index (κ1) is 20.8. The number of carbonyl (C=O) groups excluding carboxylic acids is 2. The van der Waals surface area contributed by atoms with Crippen molar-refractivity contribution in [1.29, 1.82) is 0 Å². The smallest absolute Gasteiger partial charge is 0.242 e. The molecule has 0 aliphatic carbocycles. The van der Waals surface area contributed by atoms with E-state index in [1.165, 1.54) is 25.1 Å². The molecule has 5 heteroatoms. The van der Waals surface area contributed by atoms with E-state index in [0.29, 0.717) is 25.9 Å². The summed E-state index contributed by atoms with van der Waals surface area (Å²) < 4.78 is 0. The fourth-order valence-corrected chi connectivity index (χ4v) is 4.89. The Morgan fingerprint density at radius 3 is 2.54 bits per heavy atom. The average molecular weight is 387 g/mol. The average Bonchev–Trinajstić information content (AvgIpc) is 3.00. The number of nitrogens with one attached hydrogen (secondary N) is 2. The Hall–Kier alpha value is -1.88. The van der Waals surface area contributed by atoms with Crippen molar-refractivity contribution < 1.29 is 14.5 Å². The maximum atomic E-state index is 12.7. The molecule has 2 aliphatic rings. The van der Waals surface area contributed by atoms with Crippen LogP contribution in [0.3, 0.4) is 0 Å². The first-order valence-corrected chi connectivity index (χ1v) is 10.9. The van der Waals surface area contributed by atoms with Crippen molar-refractivity contribution in [2.75, 3.05) is 26.2 Å². The van der Waals surface area contributed by atoms with Crippen LogP contribution in [0.4, 0.5) is 0 Å². The minimum absolute atomic E-state index is 0.00772. The number of likely N-dealkylation sites (tertiary alicyclic amines) is 2. The lowest BCUT2D eigenvalue weighted by Gasteiger charge is -2.32. The molecule has 154 valence electrons. The van der Waals surface area contributed by atoms with E-state index in [1.54, 1.807) is 9.80 Å². The number of benzene rings is 1. The van der Waals surface area contributed by atoms with E-state index < -0.39 is 0 Å². The highest BCUT2D eigenvalue weighted by atomic mass is 16.2. The van der Waals surface area contributed by atoms with Gasteiger partial charge in [-0.05, 0) is 25.3 Å². The zero-order valence-corrected chi connectivity index (χ0v) is 17.7. The number of hydrogen-bond donors (Lipinski definition) is 2. The number of carbonyl (C=O) groups is 2. The summed E-state index contributed by atoms with van der Waals surface area (Å²) in [7, 11) is 0. The van der Waals surface area contributed by atoms with Gasteiger partial charge >= 0.3 is 0 Å². The van der Waals surface area contributed by atoms with Gasteiger partial charge in [0.1, 0.15) is 6.04 Å². The van der Waals surface area contributed by atoms with Crippen molar-refractivity contribution in [1.82, 2.24) is 10.2 Å². The molecule has 0 aromatic heterocycles. The van der Waals surface area contributed by atoms with Crippen LogP contribution in [0.5, 0.6) is 0 Å². The van der Waals surface area contributed by atoms with E-state index in [9.17, 15) is 9.59 Å². The highest BCUT2D eigenvalue weighted by molar-refractivity contribution is 5.90. The van der Waals surface area contributed by atoms with Crippen LogP contribution in [0.1, 0.15) is 50.7 Å². The Morgan fingerprint density at radius 2 is 1.86 bits per heavy atom. The Bertz CT molecular complexity index is 663. The van der Waals surface area contributed by atoms with Crippen LogP contribution in [-0.4, -0.2) is 48.9 Å². The second-order valence-corrected chi connectivity index (χ2v) is 9.06. The quantitative estimate of drug-likeness (QED) is 0.699. The molecule has 3 atom stereocenters. The highest BCUT2D eigenvalue weighted by Crippen LogP contribution is 2.22. The van der Waals surface area contributed by atoms with Gasteiger partial charge in [0.05, 0.1) is 19.6 Å². The van der Waals surface area contributed by atoms with Gasteiger partial charge in [0.15, 0.2) is 0 Å². The molecule has 5 nitrogen and oxygen atoms in total. The Kier molecular flexibility index (Phi) is 7.11. The topological polar surface area (TPSA) is 53.9 Å². The third-order valence-corrected chi connectivity index (χ3v) is 6.19. The fraction of sp³-hybridized carbons (Fsp3) is 0.652. The zero-order chi connectivity index (χ0) is 20.1. The van der Waals surface area contributed by atoms with Crippen molar-refractivity contribution in [3.63, 3.8) is 0 Å². The predicted molar refractivity (Wildman–Crippen MR) is 111 cm³/mol. The largest absolute Gasteiger partial charge is 0.354 e. The van der Waals surface area contributed by atoms with Gasteiger partial charge in [-0.2, -0.15) is 0 Å². The van der Waals surface area contributed by atoms with Gasteiger partial charge in [0, 0.05) is 37.8 Å². The summed E-state index contributed by atoms with van der Waals surface area (Å²) >= 11 is 0. The van der Waals surface area contributed by atoms with Crippen LogP contribution < -0.4 is 10.2 Å². The Morgan fingerprint density at radius 1 is 1.18 bits per heavy atom. The molecule has 1 aromatic carbocycles. The number of piperidine rings is 1. The first-order valence-electron chi connectivity index (χ1n) is 10.9. The zero-order valence-electron chi connectivity index (χ0n) is 17.7. The van der Waals surface area contributed by atoms with Crippen LogP contribution in [0, 0.1) is 18.8 Å². The molecule has 2 N–H and O–H groups in total. The van der Waals surface area contributed by atoms with Gasteiger partial charge in [-0.3, -0.25) is 9.59 Å². The van der Waals surface area contributed by atoms with Gasteiger partial charge in [-0.1, -0.05) is 43.7 Å². The molecule has 2 fully saturated rings. The SMILES string of the molecule is Cc1ccc(CN2C(=O)CCC2C(=O)NCCC[NH+]2CC(C)CC(C)C2)cc1. The molecule has 1 aromatic rings. The van der Waals surface area contributed by atoms with Crippen molar-refractivity contribution in [2.45, 2.75) is 59.0 Å². The molecule has 2 amide bonds. The second kappa shape index (κ2) is 9.55. The molecule has 0 saturated carbocycles. The molecule has 2 heterocycles. The maximum absolute atomic E-state index is 12.7. The monoisotopic (exact) mass is 386 g/mol. The van der Waals surface area contributed by atoms with E-state index in [1.807, 2.05) is 19.1 Å². The standard InChI is InChI=1S/C23H35N3O2/c1-17-5-7-20(8-6-17)16-26-21(9-10-22(26)27)23(28)24-11-4-12-25-14-18(2)13-19(3)15-25/h5-8,18-19,21H,4,9-16H2,1-3H3,(H,24,28)/p+1. The predicted octanol–water partition coefficient (Wildman–Crippen LogP) is 1.55. The van der Waals surface area contributed by atoms with Gasteiger partial charge < -0.3 is 15.1 Å². The van der Waals surface area contributed by atoms with E-state index >= 15 is 0 Å². The number of quaternary nitrogens is 1. The summed E-state index contributed by atoms with van der Waals surface area (Å²) in [5, 5.41) is 3.09.